The molecule has 15 heavy (non-hydrogen) atoms. The lowest BCUT2D eigenvalue weighted by Gasteiger charge is -2.08. The zero-order valence-electron chi connectivity index (χ0n) is 8.49. The molecule has 0 saturated heterocycles. The van der Waals surface area contributed by atoms with Crippen LogP contribution in [0.25, 0.3) is 0 Å². The first-order chi connectivity index (χ1) is 7.13. The van der Waals surface area contributed by atoms with Gasteiger partial charge in [0, 0.05) is 12.0 Å². The molecule has 0 amide bonds. The topological polar surface area (TPSA) is 46.5 Å². The molecule has 1 N–H and O–H groups in total. The molecule has 78 valence electrons. The molecule has 1 atom stereocenters. The SMILES string of the molecule is C=C(C)[C@H]1Cc2c(ccc(C=O)c2O)O1. The van der Waals surface area contributed by atoms with Crippen LogP contribution in [-0.4, -0.2) is 17.5 Å². The van der Waals surface area contributed by atoms with E-state index in [-0.39, 0.29) is 11.9 Å². The Balaban J connectivity index is 2.42. The Hall–Kier alpha value is -1.77. The Labute approximate surface area is 88.0 Å². The van der Waals surface area contributed by atoms with Crippen molar-refractivity contribution in [1.82, 2.24) is 0 Å². The quantitative estimate of drug-likeness (QED) is 0.592. The van der Waals surface area contributed by atoms with E-state index < -0.39 is 0 Å². The van der Waals surface area contributed by atoms with Gasteiger partial charge in [0.1, 0.15) is 17.6 Å². The Morgan fingerprint density at radius 2 is 2.40 bits per heavy atom. The van der Waals surface area contributed by atoms with Gasteiger partial charge in [-0.25, -0.2) is 0 Å². The van der Waals surface area contributed by atoms with Gasteiger partial charge in [0.05, 0.1) is 5.56 Å². The Bertz CT molecular complexity index is 435. The maximum atomic E-state index is 10.6. The predicted octanol–water partition coefficient (Wildman–Crippen LogP) is 2.08. The highest BCUT2D eigenvalue weighted by molar-refractivity contribution is 5.81. The van der Waals surface area contributed by atoms with Gasteiger partial charge in [-0.1, -0.05) is 6.58 Å². The van der Waals surface area contributed by atoms with Crippen molar-refractivity contribution in [1.29, 1.82) is 0 Å². The number of carbonyl (C=O) groups excluding carboxylic acids is 1. The maximum absolute atomic E-state index is 10.6. The van der Waals surface area contributed by atoms with Crippen LogP contribution in [0.5, 0.6) is 11.5 Å². The molecular formula is C12H12O3. The van der Waals surface area contributed by atoms with Crippen molar-refractivity contribution in [3.8, 4) is 11.5 Å². The standard InChI is InChI=1S/C12H12O3/c1-7(2)11-5-9-10(15-11)4-3-8(6-13)12(9)14/h3-4,6,11,14H,1,5H2,2H3/t11-/m1/s1. The summed E-state index contributed by atoms with van der Waals surface area (Å²) in [6.45, 7) is 5.70. The highest BCUT2D eigenvalue weighted by Gasteiger charge is 2.27. The van der Waals surface area contributed by atoms with Gasteiger partial charge in [-0.05, 0) is 24.6 Å². The van der Waals surface area contributed by atoms with Crippen LogP contribution in [0.4, 0.5) is 0 Å². The molecule has 1 aromatic rings. The van der Waals surface area contributed by atoms with Gasteiger partial charge >= 0.3 is 0 Å². The average molecular weight is 204 g/mol. The summed E-state index contributed by atoms with van der Waals surface area (Å²) in [5, 5.41) is 9.77. The van der Waals surface area contributed by atoms with Crippen molar-refractivity contribution in [3.63, 3.8) is 0 Å². The van der Waals surface area contributed by atoms with Crippen LogP contribution >= 0.6 is 0 Å². The van der Waals surface area contributed by atoms with E-state index in [9.17, 15) is 9.90 Å². The van der Waals surface area contributed by atoms with Crippen LogP contribution in [0, 0.1) is 0 Å². The number of aldehydes is 1. The molecule has 1 aromatic carbocycles. The van der Waals surface area contributed by atoms with Crippen LogP contribution in [0.1, 0.15) is 22.8 Å². The second-order valence-electron chi connectivity index (χ2n) is 3.75. The summed E-state index contributed by atoms with van der Waals surface area (Å²) in [7, 11) is 0. The molecule has 3 nitrogen and oxygen atoms in total. The first kappa shape index (κ1) is 9.77. The van der Waals surface area contributed by atoms with Crippen LogP contribution in [0.15, 0.2) is 24.3 Å². The van der Waals surface area contributed by atoms with Crippen molar-refractivity contribution in [2.75, 3.05) is 0 Å². The lowest BCUT2D eigenvalue weighted by Crippen LogP contribution is -2.13. The van der Waals surface area contributed by atoms with E-state index in [1.54, 1.807) is 12.1 Å². The molecule has 0 aliphatic carbocycles. The fraction of sp³-hybridized carbons (Fsp3) is 0.250. The minimum atomic E-state index is -0.0900. The number of hydrogen-bond donors (Lipinski definition) is 1. The van der Waals surface area contributed by atoms with E-state index in [2.05, 4.69) is 6.58 Å². The van der Waals surface area contributed by atoms with Crippen LogP contribution in [0.3, 0.4) is 0 Å². The van der Waals surface area contributed by atoms with E-state index in [1.165, 1.54) is 0 Å². The molecule has 1 aliphatic heterocycles. The molecule has 0 radical (unpaired) electrons. The molecule has 2 rings (SSSR count). The Morgan fingerprint density at radius 1 is 1.67 bits per heavy atom. The summed E-state index contributed by atoms with van der Waals surface area (Å²) >= 11 is 0. The first-order valence-corrected chi connectivity index (χ1v) is 4.75. The van der Waals surface area contributed by atoms with Gasteiger partial charge in [-0.2, -0.15) is 0 Å². The minimum absolute atomic E-state index is 0.0336. The van der Waals surface area contributed by atoms with Crippen LogP contribution < -0.4 is 4.74 Å². The molecule has 0 unspecified atom stereocenters. The summed E-state index contributed by atoms with van der Waals surface area (Å²) in [6.07, 6.45) is 1.13. The van der Waals surface area contributed by atoms with Crippen molar-refractivity contribution < 1.29 is 14.6 Å². The smallest absolute Gasteiger partial charge is 0.153 e. The van der Waals surface area contributed by atoms with Crippen molar-refractivity contribution in [2.24, 2.45) is 0 Å². The fourth-order valence-corrected chi connectivity index (χ4v) is 1.69. The Morgan fingerprint density at radius 3 is 3.00 bits per heavy atom. The average Bonchev–Trinajstić information content (AvgIpc) is 2.63. The zero-order valence-corrected chi connectivity index (χ0v) is 8.49. The van der Waals surface area contributed by atoms with Gasteiger partial charge in [-0.3, -0.25) is 4.79 Å². The molecule has 0 bridgehead atoms. The first-order valence-electron chi connectivity index (χ1n) is 4.75. The van der Waals surface area contributed by atoms with Gasteiger partial charge < -0.3 is 9.84 Å². The van der Waals surface area contributed by atoms with Crippen molar-refractivity contribution >= 4 is 6.29 Å². The largest absolute Gasteiger partial charge is 0.507 e. The lowest BCUT2D eigenvalue weighted by atomic mass is 10.0. The summed E-state index contributed by atoms with van der Waals surface area (Å²) in [5.74, 6) is 0.678. The summed E-state index contributed by atoms with van der Waals surface area (Å²) in [5.41, 5.74) is 1.92. The number of fused-ring (bicyclic) bond motifs is 1. The normalized spacial score (nSPS) is 18.1. The zero-order chi connectivity index (χ0) is 11.0. The summed E-state index contributed by atoms with van der Waals surface area (Å²) in [4.78, 5) is 10.6. The van der Waals surface area contributed by atoms with E-state index in [0.29, 0.717) is 29.6 Å². The number of aromatic hydroxyl groups is 1. The molecule has 0 aromatic heterocycles. The van der Waals surface area contributed by atoms with E-state index >= 15 is 0 Å². The molecule has 1 heterocycles. The van der Waals surface area contributed by atoms with E-state index in [4.69, 9.17) is 4.74 Å². The van der Waals surface area contributed by atoms with E-state index in [0.717, 1.165) is 5.57 Å². The molecule has 0 saturated carbocycles. The third-order valence-corrected chi connectivity index (χ3v) is 2.61. The van der Waals surface area contributed by atoms with Gasteiger partial charge in [0.15, 0.2) is 6.29 Å². The summed E-state index contributed by atoms with van der Waals surface area (Å²) in [6, 6.07) is 3.27. The minimum Gasteiger partial charge on any atom is -0.507 e. The second kappa shape index (κ2) is 3.42. The maximum Gasteiger partial charge on any atom is 0.153 e. The van der Waals surface area contributed by atoms with Crippen molar-refractivity contribution in [3.05, 3.63) is 35.4 Å². The van der Waals surface area contributed by atoms with Gasteiger partial charge in [0.25, 0.3) is 0 Å². The number of benzene rings is 1. The highest BCUT2D eigenvalue weighted by Crippen LogP contribution is 2.38. The highest BCUT2D eigenvalue weighted by atomic mass is 16.5. The predicted molar refractivity (Wildman–Crippen MR) is 56.4 cm³/mol. The number of phenols is 1. The fourth-order valence-electron chi connectivity index (χ4n) is 1.69. The van der Waals surface area contributed by atoms with E-state index in [1.807, 2.05) is 6.92 Å². The number of rotatable bonds is 2. The molecular weight excluding hydrogens is 192 g/mol. The number of phenolic OH excluding ortho intramolecular Hbond substituents is 1. The number of hydrogen-bond acceptors (Lipinski definition) is 3. The molecule has 0 fully saturated rings. The number of ether oxygens (including phenoxy) is 1. The van der Waals surface area contributed by atoms with Crippen LogP contribution in [-0.2, 0) is 6.42 Å². The molecule has 1 aliphatic rings. The summed E-state index contributed by atoms with van der Waals surface area (Å²) < 4.78 is 5.57. The third-order valence-electron chi connectivity index (χ3n) is 2.61. The monoisotopic (exact) mass is 204 g/mol. The number of carbonyl (C=O) groups is 1. The van der Waals surface area contributed by atoms with Gasteiger partial charge in [0.2, 0.25) is 0 Å². The van der Waals surface area contributed by atoms with Crippen molar-refractivity contribution in [2.45, 2.75) is 19.4 Å². The lowest BCUT2D eigenvalue weighted by molar-refractivity contribution is 0.112. The second-order valence-corrected chi connectivity index (χ2v) is 3.75. The molecule has 3 heteroatoms. The third kappa shape index (κ3) is 1.50. The molecule has 0 spiro atoms. The Kier molecular flexibility index (Phi) is 2.23. The van der Waals surface area contributed by atoms with Crippen LogP contribution in [0.2, 0.25) is 0 Å². The van der Waals surface area contributed by atoms with Gasteiger partial charge in [-0.15, -0.1) is 0 Å².